The highest BCUT2D eigenvalue weighted by molar-refractivity contribution is 5.74. The van der Waals surface area contributed by atoms with Crippen molar-refractivity contribution in [1.82, 2.24) is 10.6 Å². The Kier molecular flexibility index (Phi) is 5.17. The van der Waals surface area contributed by atoms with Crippen LogP contribution in [0.4, 0.5) is 4.79 Å². The van der Waals surface area contributed by atoms with Gasteiger partial charge in [0.15, 0.2) is 5.79 Å². The number of furan rings is 1. The average Bonchev–Trinajstić information content (AvgIpc) is 3.25. The number of rotatable bonds is 6. The van der Waals surface area contributed by atoms with Crippen molar-refractivity contribution in [3.05, 3.63) is 60.1 Å². The van der Waals surface area contributed by atoms with Crippen molar-refractivity contribution in [2.45, 2.75) is 25.2 Å². The zero-order valence-electron chi connectivity index (χ0n) is 13.7. The summed E-state index contributed by atoms with van der Waals surface area (Å²) < 4.78 is 16.5. The van der Waals surface area contributed by atoms with E-state index >= 15 is 0 Å². The fourth-order valence-electron chi connectivity index (χ4n) is 2.71. The van der Waals surface area contributed by atoms with Gasteiger partial charge in [-0.2, -0.15) is 0 Å². The molecule has 2 N–H and O–H groups in total. The second-order valence-corrected chi connectivity index (χ2v) is 5.84. The van der Waals surface area contributed by atoms with Crippen LogP contribution in [0.15, 0.2) is 53.1 Å². The smallest absolute Gasteiger partial charge is 0.315 e. The second kappa shape index (κ2) is 7.51. The molecule has 1 fully saturated rings. The molecule has 1 aromatic carbocycles. The van der Waals surface area contributed by atoms with Crippen LogP contribution in [0.25, 0.3) is 0 Å². The SMILES string of the molecule is CC1(CCNC(=O)NC(c2ccccc2)c2ccco2)OCCO1. The molecule has 2 aromatic rings. The molecule has 1 aliphatic rings. The number of hydrogen-bond acceptors (Lipinski definition) is 4. The highest BCUT2D eigenvalue weighted by atomic mass is 16.7. The molecule has 128 valence electrons. The van der Waals surface area contributed by atoms with Crippen LogP contribution < -0.4 is 10.6 Å². The number of hydrogen-bond donors (Lipinski definition) is 2. The minimum Gasteiger partial charge on any atom is -0.467 e. The molecule has 0 bridgehead atoms. The number of amides is 2. The quantitative estimate of drug-likeness (QED) is 0.854. The number of benzene rings is 1. The van der Waals surface area contributed by atoms with Gasteiger partial charge in [-0.05, 0) is 24.6 Å². The molecule has 2 amide bonds. The van der Waals surface area contributed by atoms with Gasteiger partial charge < -0.3 is 24.5 Å². The van der Waals surface area contributed by atoms with E-state index in [4.69, 9.17) is 13.9 Å². The molecule has 1 atom stereocenters. The molecule has 1 aliphatic heterocycles. The lowest BCUT2D eigenvalue weighted by atomic mass is 10.1. The summed E-state index contributed by atoms with van der Waals surface area (Å²) in [6.07, 6.45) is 2.19. The molecule has 0 aliphatic carbocycles. The van der Waals surface area contributed by atoms with Gasteiger partial charge in [0.05, 0.1) is 19.5 Å². The lowest BCUT2D eigenvalue weighted by molar-refractivity contribution is -0.145. The van der Waals surface area contributed by atoms with Gasteiger partial charge in [-0.15, -0.1) is 0 Å². The molecule has 0 saturated carbocycles. The van der Waals surface area contributed by atoms with E-state index in [0.717, 1.165) is 5.56 Å². The molecule has 1 aromatic heterocycles. The van der Waals surface area contributed by atoms with E-state index in [0.29, 0.717) is 31.9 Å². The van der Waals surface area contributed by atoms with Crippen LogP contribution in [0.3, 0.4) is 0 Å². The topological polar surface area (TPSA) is 72.7 Å². The van der Waals surface area contributed by atoms with Crippen LogP contribution in [0.2, 0.25) is 0 Å². The van der Waals surface area contributed by atoms with E-state index in [-0.39, 0.29) is 12.1 Å². The predicted molar refractivity (Wildman–Crippen MR) is 88.5 cm³/mol. The first-order valence-electron chi connectivity index (χ1n) is 8.07. The largest absolute Gasteiger partial charge is 0.467 e. The fourth-order valence-corrected chi connectivity index (χ4v) is 2.71. The summed E-state index contributed by atoms with van der Waals surface area (Å²) in [6.45, 7) is 3.53. The van der Waals surface area contributed by atoms with Crippen LogP contribution in [0, 0.1) is 0 Å². The van der Waals surface area contributed by atoms with Crippen molar-refractivity contribution in [1.29, 1.82) is 0 Å². The number of nitrogens with one attached hydrogen (secondary N) is 2. The number of carbonyl (C=O) groups excluding carboxylic acids is 1. The highest BCUT2D eigenvalue weighted by Crippen LogP contribution is 2.23. The van der Waals surface area contributed by atoms with Gasteiger partial charge in [0.2, 0.25) is 0 Å². The lowest BCUT2D eigenvalue weighted by Crippen LogP contribution is -2.41. The third-order valence-electron chi connectivity index (χ3n) is 4.00. The molecule has 1 unspecified atom stereocenters. The molecular weight excluding hydrogens is 308 g/mol. The Morgan fingerprint density at radius 3 is 2.58 bits per heavy atom. The molecule has 1 saturated heterocycles. The monoisotopic (exact) mass is 330 g/mol. The van der Waals surface area contributed by atoms with Gasteiger partial charge in [-0.3, -0.25) is 0 Å². The summed E-state index contributed by atoms with van der Waals surface area (Å²) >= 11 is 0. The first-order chi connectivity index (χ1) is 11.7. The van der Waals surface area contributed by atoms with Crippen LogP contribution >= 0.6 is 0 Å². The summed E-state index contributed by atoms with van der Waals surface area (Å²) in [6, 6.07) is 12.8. The van der Waals surface area contributed by atoms with E-state index in [1.807, 2.05) is 43.3 Å². The minimum absolute atomic E-state index is 0.262. The van der Waals surface area contributed by atoms with Crippen molar-refractivity contribution in [2.24, 2.45) is 0 Å². The highest BCUT2D eigenvalue weighted by Gasteiger charge is 2.30. The van der Waals surface area contributed by atoms with Crippen molar-refractivity contribution in [2.75, 3.05) is 19.8 Å². The summed E-state index contributed by atoms with van der Waals surface area (Å²) in [4.78, 5) is 12.3. The number of urea groups is 1. The van der Waals surface area contributed by atoms with Gasteiger partial charge in [-0.1, -0.05) is 30.3 Å². The molecule has 6 nitrogen and oxygen atoms in total. The lowest BCUT2D eigenvalue weighted by Gasteiger charge is -2.23. The molecular formula is C18H22N2O4. The predicted octanol–water partition coefficient (Wildman–Crippen LogP) is 2.82. The van der Waals surface area contributed by atoms with E-state index in [1.54, 1.807) is 12.3 Å². The Hall–Kier alpha value is -2.31. The average molecular weight is 330 g/mol. The van der Waals surface area contributed by atoms with Crippen molar-refractivity contribution >= 4 is 6.03 Å². The van der Waals surface area contributed by atoms with Gasteiger partial charge in [0.1, 0.15) is 11.8 Å². The second-order valence-electron chi connectivity index (χ2n) is 5.84. The molecule has 0 radical (unpaired) electrons. The Labute approximate surface area is 141 Å². The van der Waals surface area contributed by atoms with Gasteiger partial charge >= 0.3 is 6.03 Å². The number of ether oxygens (including phenoxy) is 2. The van der Waals surface area contributed by atoms with Crippen molar-refractivity contribution < 1.29 is 18.7 Å². The van der Waals surface area contributed by atoms with E-state index in [9.17, 15) is 4.79 Å². The summed E-state index contributed by atoms with van der Waals surface area (Å²) in [5.41, 5.74) is 0.956. The maximum absolute atomic E-state index is 12.3. The Morgan fingerprint density at radius 1 is 1.17 bits per heavy atom. The van der Waals surface area contributed by atoms with E-state index < -0.39 is 5.79 Å². The molecule has 2 heterocycles. The van der Waals surface area contributed by atoms with Crippen LogP contribution in [0.5, 0.6) is 0 Å². The third kappa shape index (κ3) is 4.15. The Balaban J connectivity index is 1.57. The van der Waals surface area contributed by atoms with Gasteiger partial charge in [0, 0.05) is 13.0 Å². The van der Waals surface area contributed by atoms with Crippen LogP contribution in [0.1, 0.15) is 30.7 Å². The van der Waals surface area contributed by atoms with E-state index in [1.165, 1.54) is 0 Å². The van der Waals surface area contributed by atoms with Crippen molar-refractivity contribution in [3.8, 4) is 0 Å². The first-order valence-corrected chi connectivity index (χ1v) is 8.07. The van der Waals surface area contributed by atoms with Crippen molar-refractivity contribution in [3.63, 3.8) is 0 Å². The van der Waals surface area contributed by atoms with Crippen LogP contribution in [-0.4, -0.2) is 31.6 Å². The normalized spacial score (nSPS) is 17.4. The third-order valence-corrected chi connectivity index (χ3v) is 4.00. The summed E-state index contributed by atoms with van der Waals surface area (Å²) in [7, 11) is 0. The zero-order valence-corrected chi connectivity index (χ0v) is 13.7. The van der Waals surface area contributed by atoms with Gasteiger partial charge in [0.25, 0.3) is 0 Å². The summed E-state index contributed by atoms with van der Waals surface area (Å²) in [5, 5.41) is 5.79. The molecule has 3 rings (SSSR count). The maximum Gasteiger partial charge on any atom is 0.315 e. The Morgan fingerprint density at radius 2 is 1.92 bits per heavy atom. The van der Waals surface area contributed by atoms with Gasteiger partial charge in [-0.25, -0.2) is 4.79 Å². The molecule has 0 spiro atoms. The van der Waals surface area contributed by atoms with E-state index in [2.05, 4.69) is 10.6 Å². The first kappa shape index (κ1) is 16.5. The van der Waals surface area contributed by atoms with Crippen LogP contribution in [-0.2, 0) is 9.47 Å². The minimum atomic E-state index is -0.604. The fraction of sp³-hybridized carbons (Fsp3) is 0.389. The standard InChI is InChI=1S/C18H22N2O4/c1-18(23-12-13-24-18)9-10-19-17(21)20-16(15-8-5-11-22-15)14-6-3-2-4-7-14/h2-8,11,16H,9-10,12-13H2,1H3,(H2,19,20,21). The number of carbonyl (C=O) groups is 1. The Bertz CT molecular complexity index is 636. The molecule has 24 heavy (non-hydrogen) atoms. The zero-order chi connectivity index (χ0) is 16.8. The molecule has 6 heteroatoms. The maximum atomic E-state index is 12.3. The summed E-state index contributed by atoms with van der Waals surface area (Å²) in [5.74, 6) is 0.0819.